The van der Waals surface area contributed by atoms with Gasteiger partial charge in [0.25, 0.3) is 0 Å². The molecule has 1 nitrogen and oxygen atoms in total. The molecule has 0 aromatic heterocycles. The van der Waals surface area contributed by atoms with Crippen LogP contribution < -0.4 is 0 Å². The van der Waals surface area contributed by atoms with Crippen molar-refractivity contribution < 1.29 is 5.11 Å². The van der Waals surface area contributed by atoms with Crippen LogP contribution in [0.25, 0.3) is 0 Å². The first-order valence-electron chi connectivity index (χ1n) is 6.00. The fourth-order valence-corrected chi connectivity index (χ4v) is 3.35. The second-order valence-electron chi connectivity index (χ2n) is 5.35. The molecular formula is C13H22O. The zero-order chi connectivity index (χ0) is 10.1. The Labute approximate surface area is 87.2 Å². The van der Waals surface area contributed by atoms with Gasteiger partial charge in [-0.3, -0.25) is 0 Å². The minimum Gasteiger partial charge on any atom is -0.393 e. The van der Waals surface area contributed by atoms with Gasteiger partial charge in [-0.2, -0.15) is 0 Å². The van der Waals surface area contributed by atoms with Crippen LogP contribution in [0.1, 0.15) is 46.0 Å². The Morgan fingerprint density at radius 3 is 2.57 bits per heavy atom. The summed E-state index contributed by atoms with van der Waals surface area (Å²) in [5.74, 6) is 2.11. The van der Waals surface area contributed by atoms with E-state index in [1.807, 2.05) is 0 Å². The average Bonchev–Trinajstić information content (AvgIpc) is 2.68. The number of aliphatic hydroxyl groups excluding tert-OH is 1. The molecule has 2 bridgehead atoms. The fourth-order valence-electron chi connectivity index (χ4n) is 3.35. The summed E-state index contributed by atoms with van der Waals surface area (Å²) in [5, 5.41) is 10.0. The van der Waals surface area contributed by atoms with Crippen molar-refractivity contribution >= 4 is 0 Å². The quantitative estimate of drug-likeness (QED) is 0.684. The maximum atomic E-state index is 10.0. The highest BCUT2D eigenvalue weighted by Crippen LogP contribution is 2.50. The predicted octanol–water partition coefficient (Wildman–Crippen LogP) is 3.14. The third-order valence-corrected chi connectivity index (χ3v) is 4.09. The van der Waals surface area contributed by atoms with Crippen LogP contribution in [0, 0.1) is 17.8 Å². The molecule has 2 rings (SSSR count). The van der Waals surface area contributed by atoms with Gasteiger partial charge >= 0.3 is 0 Å². The van der Waals surface area contributed by atoms with Crippen molar-refractivity contribution in [3.63, 3.8) is 0 Å². The molecule has 0 spiro atoms. The summed E-state index contributed by atoms with van der Waals surface area (Å²) in [5.41, 5.74) is 1.41. The minimum absolute atomic E-state index is 0.0271. The Hall–Kier alpha value is -0.300. The molecule has 4 atom stereocenters. The van der Waals surface area contributed by atoms with Crippen LogP contribution in [-0.2, 0) is 0 Å². The molecule has 2 aliphatic carbocycles. The second kappa shape index (κ2) is 4.06. The third kappa shape index (κ3) is 1.88. The van der Waals surface area contributed by atoms with Gasteiger partial charge in [0.15, 0.2) is 0 Å². The van der Waals surface area contributed by atoms with E-state index in [9.17, 15) is 5.11 Å². The molecule has 2 aliphatic rings. The van der Waals surface area contributed by atoms with E-state index in [4.69, 9.17) is 0 Å². The van der Waals surface area contributed by atoms with E-state index in [-0.39, 0.29) is 6.10 Å². The Morgan fingerprint density at radius 1 is 1.29 bits per heavy atom. The SMILES string of the molecule is CC(C)=CCCC1C2CCC(C2)C1O. The van der Waals surface area contributed by atoms with Crippen molar-refractivity contribution in [1.29, 1.82) is 0 Å². The van der Waals surface area contributed by atoms with Crippen LogP contribution >= 0.6 is 0 Å². The van der Waals surface area contributed by atoms with Crippen molar-refractivity contribution in [2.45, 2.75) is 52.1 Å². The number of hydrogen-bond acceptors (Lipinski definition) is 1. The molecule has 0 aliphatic heterocycles. The second-order valence-corrected chi connectivity index (χ2v) is 5.35. The highest BCUT2D eigenvalue weighted by atomic mass is 16.3. The molecule has 0 saturated heterocycles. The van der Waals surface area contributed by atoms with Gasteiger partial charge in [0, 0.05) is 0 Å². The van der Waals surface area contributed by atoms with E-state index in [1.54, 1.807) is 0 Å². The Bertz CT molecular complexity index is 225. The fraction of sp³-hybridized carbons (Fsp3) is 0.846. The van der Waals surface area contributed by atoms with Crippen LogP contribution in [0.15, 0.2) is 11.6 Å². The molecule has 2 saturated carbocycles. The average molecular weight is 194 g/mol. The maximum absolute atomic E-state index is 10.0. The largest absolute Gasteiger partial charge is 0.393 e. The van der Waals surface area contributed by atoms with Gasteiger partial charge in [-0.05, 0) is 63.7 Å². The molecule has 1 heteroatoms. The highest BCUT2D eigenvalue weighted by molar-refractivity contribution is 4.99. The number of fused-ring (bicyclic) bond motifs is 2. The van der Waals surface area contributed by atoms with Crippen molar-refractivity contribution in [2.24, 2.45) is 17.8 Å². The molecule has 4 unspecified atom stereocenters. The van der Waals surface area contributed by atoms with Crippen molar-refractivity contribution in [3.05, 3.63) is 11.6 Å². The first kappa shape index (κ1) is 10.2. The van der Waals surface area contributed by atoms with Gasteiger partial charge in [0.05, 0.1) is 6.10 Å². The van der Waals surface area contributed by atoms with E-state index in [1.165, 1.54) is 31.3 Å². The number of rotatable bonds is 3. The first-order valence-corrected chi connectivity index (χ1v) is 6.00. The summed E-state index contributed by atoms with van der Waals surface area (Å²) in [6.45, 7) is 4.30. The van der Waals surface area contributed by atoms with Crippen LogP contribution in [0.4, 0.5) is 0 Å². The lowest BCUT2D eigenvalue weighted by Gasteiger charge is -2.26. The van der Waals surface area contributed by atoms with E-state index in [2.05, 4.69) is 19.9 Å². The van der Waals surface area contributed by atoms with Gasteiger partial charge in [-0.15, -0.1) is 0 Å². The summed E-state index contributed by atoms with van der Waals surface area (Å²) < 4.78 is 0. The van der Waals surface area contributed by atoms with E-state index in [0.717, 1.165) is 12.3 Å². The van der Waals surface area contributed by atoms with E-state index >= 15 is 0 Å². The first-order chi connectivity index (χ1) is 6.68. The van der Waals surface area contributed by atoms with Crippen LogP contribution in [-0.4, -0.2) is 11.2 Å². The lowest BCUT2D eigenvalue weighted by molar-refractivity contribution is 0.0552. The van der Waals surface area contributed by atoms with Crippen LogP contribution in [0.5, 0.6) is 0 Å². The number of aliphatic hydroxyl groups is 1. The zero-order valence-electron chi connectivity index (χ0n) is 9.37. The lowest BCUT2D eigenvalue weighted by Crippen LogP contribution is -2.27. The molecule has 1 N–H and O–H groups in total. The molecule has 14 heavy (non-hydrogen) atoms. The molecule has 0 aromatic carbocycles. The van der Waals surface area contributed by atoms with Crippen LogP contribution in [0.3, 0.4) is 0 Å². The molecule has 0 amide bonds. The zero-order valence-corrected chi connectivity index (χ0v) is 9.37. The van der Waals surface area contributed by atoms with Gasteiger partial charge in [0.1, 0.15) is 0 Å². The summed E-state index contributed by atoms with van der Waals surface area (Å²) in [7, 11) is 0. The van der Waals surface area contributed by atoms with Crippen molar-refractivity contribution in [2.75, 3.05) is 0 Å². The summed E-state index contributed by atoms with van der Waals surface area (Å²) in [4.78, 5) is 0. The molecule has 80 valence electrons. The Morgan fingerprint density at radius 2 is 2.00 bits per heavy atom. The van der Waals surface area contributed by atoms with E-state index < -0.39 is 0 Å². The number of hydrogen-bond donors (Lipinski definition) is 1. The molecule has 0 radical (unpaired) electrons. The topological polar surface area (TPSA) is 20.2 Å². The van der Waals surface area contributed by atoms with E-state index in [0.29, 0.717) is 11.8 Å². The summed E-state index contributed by atoms with van der Waals surface area (Å²) in [6, 6.07) is 0. The highest BCUT2D eigenvalue weighted by Gasteiger charge is 2.45. The standard InChI is InChI=1S/C13H22O/c1-9(2)4-3-5-12-10-6-7-11(8-10)13(12)14/h4,10-14H,3,5-8H2,1-2H3. The maximum Gasteiger partial charge on any atom is 0.0599 e. The Balaban J connectivity index is 1.84. The Kier molecular flexibility index (Phi) is 2.96. The minimum atomic E-state index is 0.0271. The smallest absolute Gasteiger partial charge is 0.0599 e. The number of allylic oxidation sites excluding steroid dienone is 2. The predicted molar refractivity (Wildman–Crippen MR) is 59.0 cm³/mol. The monoisotopic (exact) mass is 194 g/mol. The normalized spacial score (nSPS) is 40.2. The molecule has 2 fully saturated rings. The lowest BCUT2D eigenvalue weighted by atomic mass is 9.83. The summed E-state index contributed by atoms with van der Waals surface area (Å²) in [6.07, 6.45) is 8.66. The molecule has 0 heterocycles. The van der Waals surface area contributed by atoms with Crippen molar-refractivity contribution in [3.8, 4) is 0 Å². The van der Waals surface area contributed by atoms with Gasteiger partial charge in [-0.25, -0.2) is 0 Å². The van der Waals surface area contributed by atoms with Crippen LogP contribution in [0.2, 0.25) is 0 Å². The van der Waals surface area contributed by atoms with Gasteiger partial charge < -0.3 is 5.11 Å². The van der Waals surface area contributed by atoms with Crippen molar-refractivity contribution in [1.82, 2.24) is 0 Å². The third-order valence-electron chi connectivity index (χ3n) is 4.09. The molecule has 0 aromatic rings. The van der Waals surface area contributed by atoms with Gasteiger partial charge in [-0.1, -0.05) is 11.6 Å². The van der Waals surface area contributed by atoms with Gasteiger partial charge in [0.2, 0.25) is 0 Å². The summed E-state index contributed by atoms with van der Waals surface area (Å²) >= 11 is 0. The molecular weight excluding hydrogens is 172 g/mol.